The van der Waals surface area contributed by atoms with Crippen molar-refractivity contribution in [2.45, 2.75) is 6.04 Å². The van der Waals surface area contributed by atoms with Crippen LogP contribution in [0.4, 0.5) is 0 Å². The quantitative estimate of drug-likeness (QED) is 0.768. The highest BCUT2D eigenvalue weighted by Crippen LogP contribution is 2.30. The van der Waals surface area contributed by atoms with Gasteiger partial charge in [-0.05, 0) is 29.8 Å². The summed E-state index contributed by atoms with van der Waals surface area (Å²) in [5.41, 5.74) is 6.96. The lowest BCUT2D eigenvalue weighted by Gasteiger charge is -2.34. The van der Waals surface area contributed by atoms with Gasteiger partial charge in [-0.1, -0.05) is 41.4 Å². The summed E-state index contributed by atoms with van der Waals surface area (Å²) in [6.45, 7) is 2.84. The van der Waals surface area contributed by atoms with Gasteiger partial charge in [-0.3, -0.25) is 14.5 Å². The van der Waals surface area contributed by atoms with Gasteiger partial charge < -0.3 is 11.1 Å². The number of carbonyl (C=O) groups is 2. The standard InChI is InChI=1S/C19H19Cl2N3O2/c20-12-5-6-13(17(19(22)26)24-9-7-23-8-10-24)15(11-12)18(25)14-3-1-2-4-16(14)21/h1-6,11,17,23H,7-10H2,(H2,22,26). The number of rotatable bonds is 5. The number of piperazine rings is 1. The third-order valence-electron chi connectivity index (χ3n) is 4.46. The van der Waals surface area contributed by atoms with Gasteiger partial charge in [0.15, 0.2) is 5.78 Å². The van der Waals surface area contributed by atoms with Crippen LogP contribution in [-0.2, 0) is 4.79 Å². The fraction of sp³-hybridized carbons (Fsp3) is 0.263. The molecule has 0 saturated carbocycles. The molecule has 1 aliphatic rings. The van der Waals surface area contributed by atoms with Crippen LogP contribution in [-0.4, -0.2) is 42.8 Å². The van der Waals surface area contributed by atoms with Gasteiger partial charge >= 0.3 is 0 Å². The predicted molar refractivity (Wildman–Crippen MR) is 103 cm³/mol. The van der Waals surface area contributed by atoms with Crippen LogP contribution < -0.4 is 11.1 Å². The number of hydrogen-bond acceptors (Lipinski definition) is 4. The lowest BCUT2D eigenvalue weighted by Crippen LogP contribution is -2.48. The Labute approximate surface area is 162 Å². The number of primary amides is 1. The van der Waals surface area contributed by atoms with E-state index < -0.39 is 11.9 Å². The number of nitrogens with zero attached hydrogens (tertiary/aromatic N) is 1. The van der Waals surface area contributed by atoms with Crippen molar-refractivity contribution in [1.82, 2.24) is 10.2 Å². The second-order valence-corrected chi connectivity index (χ2v) is 6.98. The maximum absolute atomic E-state index is 13.1. The monoisotopic (exact) mass is 391 g/mol. The van der Waals surface area contributed by atoms with Crippen molar-refractivity contribution in [1.29, 1.82) is 0 Å². The van der Waals surface area contributed by atoms with Crippen LogP contribution in [0.3, 0.4) is 0 Å². The van der Waals surface area contributed by atoms with E-state index in [0.29, 0.717) is 39.8 Å². The first-order valence-corrected chi connectivity index (χ1v) is 9.07. The van der Waals surface area contributed by atoms with E-state index in [9.17, 15) is 9.59 Å². The fourth-order valence-corrected chi connectivity index (χ4v) is 3.62. The van der Waals surface area contributed by atoms with Gasteiger partial charge in [0.25, 0.3) is 0 Å². The number of hydrogen-bond donors (Lipinski definition) is 2. The molecule has 3 N–H and O–H groups in total. The zero-order chi connectivity index (χ0) is 18.7. The van der Waals surface area contributed by atoms with Crippen LogP contribution in [0.15, 0.2) is 42.5 Å². The van der Waals surface area contributed by atoms with Crippen molar-refractivity contribution in [2.75, 3.05) is 26.2 Å². The number of ketones is 1. The number of nitrogens with one attached hydrogen (secondary N) is 1. The summed E-state index contributed by atoms with van der Waals surface area (Å²) in [4.78, 5) is 27.4. The molecule has 1 heterocycles. The highest BCUT2D eigenvalue weighted by Gasteiger charge is 2.31. The molecule has 1 amide bonds. The van der Waals surface area contributed by atoms with Crippen molar-refractivity contribution >= 4 is 34.9 Å². The third kappa shape index (κ3) is 3.91. The molecule has 136 valence electrons. The van der Waals surface area contributed by atoms with Gasteiger partial charge in [-0.2, -0.15) is 0 Å². The SMILES string of the molecule is NC(=O)C(c1ccc(Cl)cc1C(=O)c1ccccc1Cl)N1CCNCC1. The second-order valence-electron chi connectivity index (χ2n) is 6.13. The van der Waals surface area contributed by atoms with Gasteiger partial charge in [-0.15, -0.1) is 0 Å². The number of amides is 1. The largest absolute Gasteiger partial charge is 0.368 e. The number of carbonyl (C=O) groups excluding carboxylic acids is 2. The first kappa shape index (κ1) is 18.9. The van der Waals surface area contributed by atoms with Crippen molar-refractivity contribution in [2.24, 2.45) is 5.73 Å². The average Bonchev–Trinajstić information content (AvgIpc) is 2.63. The number of nitrogens with two attached hydrogens (primary N) is 1. The van der Waals surface area contributed by atoms with E-state index in [1.54, 1.807) is 42.5 Å². The second kappa shape index (κ2) is 8.18. The van der Waals surface area contributed by atoms with Crippen LogP contribution in [0.5, 0.6) is 0 Å². The van der Waals surface area contributed by atoms with E-state index in [1.807, 2.05) is 4.90 Å². The minimum absolute atomic E-state index is 0.283. The van der Waals surface area contributed by atoms with E-state index >= 15 is 0 Å². The summed E-state index contributed by atoms with van der Waals surface area (Å²) in [7, 11) is 0. The van der Waals surface area contributed by atoms with Crippen molar-refractivity contribution in [3.05, 3.63) is 69.2 Å². The molecule has 0 bridgehead atoms. The molecule has 5 nitrogen and oxygen atoms in total. The van der Waals surface area contributed by atoms with Gasteiger partial charge in [0.1, 0.15) is 6.04 Å². The molecule has 2 aromatic carbocycles. The maximum Gasteiger partial charge on any atom is 0.239 e. The van der Waals surface area contributed by atoms with Crippen LogP contribution in [0.25, 0.3) is 0 Å². The molecule has 0 spiro atoms. The molecule has 1 atom stereocenters. The Hall–Kier alpha value is -1.92. The average molecular weight is 392 g/mol. The normalized spacial score (nSPS) is 16.2. The van der Waals surface area contributed by atoms with Gasteiger partial charge in [-0.25, -0.2) is 0 Å². The highest BCUT2D eigenvalue weighted by atomic mass is 35.5. The highest BCUT2D eigenvalue weighted by molar-refractivity contribution is 6.35. The Bertz CT molecular complexity index is 835. The van der Waals surface area contributed by atoms with Gasteiger partial charge in [0.05, 0.1) is 5.02 Å². The smallest absolute Gasteiger partial charge is 0.239 e. The van der Waals surface area contributed by atoms with Crippen LogP contribution >= 0.6 is 23.2 Å². The zero-order valence-corrected chi connectivity index (χ0v) is 15.6. The molecule has 1 saturated heterocycles. The van der Waals surface area contributed by atoms with Gasteiger partial charge in [0, 0.05) is 42.3 Å². The Balaban J connectivity index is 2.08. The molecule has 0 radical (unpaired) electrons. The van der Waals surface area contributed by atoms with E-state index in [0.717, 1.165) is 13.1 Å². The molecule has 26 heavy (non-hydrogen) atoms. The van der Waals surface area contributed by atoms with Crippen molar-refractivity contribution in [3.63, 3.8) is 0 Å². The summed E-state index contributed by atoms with van der Waals surface area (Å²) in [6, 6.07) is 11.0. The summed E-state index contributed by atoms with van der Waals surface area (Å²) in [5, 5.41) is 4.00. The fourth-order valence-electron chi connectivity index (χ4n) is 3.22. The van der Waals surface area contributed by atoms with Crippen molar-refractivity contribution < 1.29 is 9.59 Å². The van der Waals surface area contributed by atoms with E-state index in [1.165, 1.54) is 0 Å². The number of halogens is 2. The minimum atomic E-state index is -0.698. The summed E-state index contributed by atoms with van der Waals surface area (Å²) in [6.07, 6.45) is 0. The topological polar surface area (TPSA) is 75.4 Å². The molecular weight excluding hydrogens is 373 g/mol. The first-order chi connectivity index (χ1) is 12.5. The summed E-state index contributed by atoms with van der Waals surface area (Å²) < 4.78 is 0. The first-order valence-electron chi connectivity index (χ1n) is 8.32. The molecule has 2 aromatic rings. The molecule has 1 unspecified atom stereocenters. The maximum atomic E-state index is 13.1. The third-order valence-corrected chi connectivity index (χ3v) is 5.02. The minimum Gasteiger partial charge on any atom is -0.368 e. The Morgan fingerprint density at radius 3 is 2.38 bits per heavy atom. The summed E-state index contributed by atoms with van der Waals surface area (Å²) >= 11 is 12.3. The summed E-state index contributed by atoms with van der Waals surface area (Å²) in [5.74, 6) is -0.781. The van der Waals surface area contributed by atoms with E-state index in [2.05, 4.69) is 5.32 Å². The van der Waals surface area contributed by atoms with Crippen LogP contribution in [0, 0.1) is 0 Å². The molecule has 3 rings (SSSR count). The van der Waals surface area contributed by atoms with E-state index in [-0.39, 0.29) is 5.78 Å². The molecule has 7 heteroatoms. The van der Waals surface area contributed by atoms with Gasteiger partial charge in [0.2, 0.25) is 5.91 Å². The Morgan fingerprint density at radius 2 is 1.73 bits per heavy atom. The van der Waals surface area contributed by atoms with Crippen molar-refractivity contribution in [3.8, 4) is 0 Å². The molecule has 0 aliphatic carbocycles. The lowest BCUT2D eigenvalue weighted by molar-refractivity contribution is -0.123. The molecular formula is C19H19Cl2N3O2. The zero-order valence-electron chi connectivity index (χ0n) is 14.0. The molecule has 0 aromatic heterocycles. The Kier molecular flexibility index (Phi) is 5.94. The Morgan fingerprint density at radius 1 is 1.04 bits per heavy atom. The molecule has 1 aliphatic heterocycles. The van der Waals surface area contributed by atoms with Crippen LogP contribution in [0.2, 0.25) is 10.0 Å². The van der Waals surface area contributed by atoms with Crippen LogP contribution in [0.1, 0.15) is 27.5 Å². The predicted octanol–water partition coefficient (Wildman–Crippen LogP) is 2.66. The van der Waals surface area contributed by atoms with E-state index in [4.69, 9.17) is 28.9 Å². The molecule has 1 fully saturated rings. The lowest BCUT2D eigenvalue weighted by atomic mass is 9.92. The number of benzene rings is 2.